The summed E-state index contributed by atoms with van der Waals surface area (Å²) >= 11 is 1.60. The van der Waals surface area contributed by atoms with E-state index in [1.165, 1.54) is 0 Å². The number of nitrogens with one attached hydrogen (secondary N) is 1. The molecule has 1 saturated heterocycles. The molecule has 6 heteroatoms. The van der Waals surface area contributed by atoms with Gasteiger partial charge in [-0.3, -0.25) is 9.59 Å². The Hall–Kier alpha value is -1.95. The molecule has 1 aromatic rings. The highest BCUT2D eigenvalue weighted by Gasteiger charge is 2.36. The van der Waals surface area contributed by atoms with E-state index in [2.05, 4.69) is 5.32 Å². The van der Waals surface area contributed by atoms with Crippen molar-refractivity contribution in [3.05, 3.63) is 41.2 Å². The van der Waals surface area contributed by atoms with Gasteiger partial charge in [0.15, 0.2) is 0 Å². The number of aryl methyl sites for hydroxylation is 2. The zero-order valence-corrected chi connectivity index (χ0v) is 14.8. The Kier molecular flexibility index (Phi) is 5.14. The fraction of sp³-hybridized carbons (Fsp3) is 0.444. The highest BCUT2D eigenvalue weighted by atomic mass is 32.2. The average molecular weight is 346 g/mol. The lowest BCUT2D eigenvalue weighted by atomic mass is 10.1. The summed E-state index contributed by atoms with van der Waals surface area (Å²) < 4.78 is 5.26. The van der Waals surface area contributed by atoms with E-state index in [9.17, 15) is 9.59 Å². The largest absolute Gasteiger partial charge is 0.501 e. The summed E-state index contributed by atoms with van der Waals surface area (Å²) in [5.41, 5.74) is 3.64. The number of benzene rings is 1. The van der Waals surface area contributed by atoms with Crippen LogP contribution in [0.1, 0.15) is 24.0 Å². The van der Waals surface area contributed by atoms with Crippen LogP contribution in [-0.2, 0) is 14.3 Å². The third-order valence-corrected chi connectivity index (χ3v) is 5.31. The van der Waals surface area contributed by atoms with Gasteiger partial charge in [-0.25, -0.2) is 0 Å². The maximum absolute atomic E-state index is 12.7. The first-order valence-corrected chi connectivity index (χ1v) is 9.29. The molecule has 0 radical (unpaired) electrons. The fourth-order valence-electron chi connectivity index (χ4n) is 2.94. The second-order valence-corrected chi connectivity index (χ2v) is 7.22. The van der Waals surface area contributed by atoms with E-state index in [0.717, 1.165) is 23.2 Å². The predicted octanol–water partition coefficient (Wildman–Crippen LogP) is 2.84. The molecule has 2 aliphatic rings. The summed E-state index contributed by atoms with van der Waals surface area (Å²) in [5.74, 6) is 0.954. The van der Waals surface area contributed by atoms with E-state index in [4.69, 9.17) is 4.74 Å². The minimum atomic E-state index is -0.439. The van der Waals surface area contributed by atoms with Crippen LogP contribution >= 0.6 is 11.8 Å². The number of carbonyl (C=O) groups is 2. The van der Waals surface area contributed by atoms with Crippen LogP contribution in [0.3, 0.4) is 0 Å². The number of hydrogen-bond donors (Lipinski definition) is 1. The predicted molar refractivity (Wildman–Crippen MR) is 95.8 cm³/mol. The molecule has 2 heterocycles. The van der Waals surface area contributed by atoms with Gasteiger partial charge in [-0.15, -0.1) is 11.8 Å². The topological polar surface area (TPSA) is 58.6 Å². The van der Waals surface area contributed by atoms with Crippen molar-refractivity contribution in [2.24, 2.45) is 0 Å². The van der Waals surface area contributed by atoms with Crippen LogP contribution in [0, 0.1) is 13.8 Å². The van der Waals surface area contributed by atoms with E-state index in [-0.39, 0.29) is 11.8 Å². The first kappa shape index (κ1) is 16.9. The number of rotatable bonds is 3. The minimum absolute atomic E-state index is 0.0829. The van der Waals surface area contributed by atoms with Gasteiger partial charge in [0.25, 0.3) is 5.91 Å². The fourth-order valence-corrected chi connectivity index (χ4v) is 4.09. The Morgan fingerprint density at radius 3 is 2.88 bits per heavy atom. The molecule has 0 unspecified atom stereocenters. The summed E-state index contributed by atoms with van der Waals surface area (Å²) in [6.07, 6.45) is 3.11. The summed E-state index contributed by atoms with van der Waals surface area (Å²) in [4.78, 5) is 27.0. The average Bonchev–Trinajstić information content (AvgIpc) is 3.07. The Morgan fingerprint density at radius 2 is 2.17 bits per heavy atom. The molecular weight excluding hydrogens is 324 g/mol. The van der Waals surface area contributed by atoms with Gasteiger partial charge in [0.1, 0.15) is 6.04 Å². The quantitative estimate of drug-likeness (QED) is 0.914. The second-order valence-electron chi connectivity index (χ2n) is 6.22. The maximum Gasteiger partial charge on any atom is 0.254 e. The zero-order chi connectivity index (χ0) is 17.1. The monoisotopic (exact) mass is 346 g/mol. The van der Waals surface area contributed by atoms with Crippen LogP contribution in [0.4, 0.5) is 5.69 Å². The third-order valence-electron chi connectivity index (χ3n) is 4.29. The zero-order valence-electron chi connectivity index (χ0n) is 14.0. The Balaban J connectivity index is 1.71. The molecule has 3 rings (SSSR count). The summed E-state index contributed by atoms with van der Waals surface area (Å²) in [5, 5.41) is 2.97. The molecule has 0 bridgehead atoms. The van der Waals surface area contributed by atoms with Gasteiger partial charge >= 0.3 is 0 Å². The minimum Gasteiger partial charge on any atom is -0.501 e. The molecule has 128 valence electrons. The number of thioether (sulfide) groups is 1. The van der Waals surface area contributed by atoms with Gasteiger partial charge in [0.2, 0.25) is 5.91 Å². The third kappa shape index (κ3) is 3.59. The van der Waals surface area contributed by atoms with Crippen LogP contribution < -0.4 is 5.32 Å². The van der Waals surface area contributed by atoms with Crippen LogP contribution in [0.15, 0.2) is 30.0 Å². The van der Waals surface area contributed by atoms with E-state index >= 15 is 0 Å². The van der Waals surface area contributed by atoms with Crippen molar-refractivity contribution in [1.82, 2.24) is 4.90 Å². The van der Waals surface area contributed by atoms with Crippen LogP contribution in [0.2, 0.25) is 0 Å². The van der Waals surface area contributed by atoms with Crippen molar-refractivity contribution in [2.75, 3.05) is 23.6 Å². The lowest BCUT2D eigenvalue weighted by molar-refractivity contribution is -0.133. The standard InChI is InChI=1S/C18H22N2O3S/c1-12-5-6-15(13(2)8-12)19-17(21)16-10-24-11-20(16)18(22)14-4-3-7-23-9-14/h5-6,8-9,16H,3-4,7,10-11H2,1-2H3,(H,19,21)/t16-/m1/s1. The molecular formula is C18H22N2O3S. The van der Waals surface area contributed by atoms with Gasteiger partial charge in [0, 0.05) is 11.4 Å². The number of hydrogen-bond acceptors (Lipinski definition) is 4. The molecule has 0 aromatic heterocycles. The lowest BCUT2D eigenvalue weighted by Crippen LogP contribution is -2.45. The summed E-state index contributed by atoms with van der Waals surface area (Å²) in [7, 11) is 0. The molecule has 0 spiro atoms. The maximum atomic E-state index is 12.7. The van der Waals surface area contributed by atoms with Crippen molar-refractivity contribution >= 4 is 29.3 Å². The van der Waals surface area contributed by atoms with Crippen LogP contribution in [0.5, 0.6) is 0 Å². The lowest BCUT2D eigenvalue weighted by Gasteiger charge is -2.25. The van der Waals surface area contributed by atoms with E-state index in [1.807, 2.05) is 32.0 Å². The molecule has 1 N–H and O–H groups in total. The molecule has 1 fully saturated rings. The Labute approximate surface area is 146 Å². The van der Waals surface area contributed by atoms with E-state index < -0.39 is 6.04 Å². The smallest absolute Gasteiger partial charge is 0.254 e. The number of carbonyl (C=O) groups excluding carboxylic acids is 2. The Bertz CT molecular complexity index is 687. The first-order chi connectivity index (χ1) is 11.6. The SMILES string of the molecule is Cc1ccc(NC(=O)[C@H]2CSCN2C(=O)C2=COCCC2)c(C)c1. The molecule has 2 amide bonds. The van der Waals surface area contributed by atoms with Gasteiger partial charge in [-0.2, -0.15) is 0 Å². The van der Waals surface area contributed by atoms with Crippen LogP contribution in [0.25, 0.3) is 0 Å². The highest BCUT2D eigenvalue weighted by molar-refractivity contribution is 7.99. The number of anilines is 1. The van der Waals surface area contributed by atoms with E-state index in [1.54, 1.807) is 22.9 Å². The molecule has 24 heavy (non-hydrogen) atoms. The normalized spacial score (nSPS) is 20.3. The molecule has 1 aromatic carbocycles. The second kappa shape index (κ2) is 7.30. The molecule has 1 atom stereocenters. The molecule has 5 nitrogen and oxygen atoms in total. The van der Waals surface area contributed by atoms with Crippen molar-refractivity contribution in [2.45, 2.75) is 32.7 Å². The first-order valence-electron chi connectivity index (χ1n) is 8.14. The van der Waals surface area contributed by atoms with Gasteiger partial charge in [-0.1, -0.05) is 17.7 Å². The van der Waals surface area contributed by atoms with Crippen molar-refractivity contribution in [3.63, 3.8) is 0 Å². The number of nitrogens with zero attached hydrogens (tertiary/aromatic N) is 1. The van der Waals surface area contributed by atoms with E-state index in [0.29, 0.717) is 30.2 Å². The van der Waals surface area contributed by atoms with Gasteiger partial charge in [0.05, 0.1) is 24.3 Å². The molecule has 0 aliphatic carbocycles. The molecule has 2 aliphatic heterocycles. The van der Waals surface area contributed by atoms with Crippen LogP contribution in [-0.4, -0.2) is 41.0 Å². The van der Waals surface area contributed by atoms with Crippen molar-refractivity contribution in [3.8, 4) is 0 Å². The highest BCUT2D eigenvalue weighted by Crippen LogP contribution is 2.26. The summed E-state index contributed by atoms with van der Waals surface area (Å²) in [6, 6.07) is 5.48. The number of amides is 2. The van der Waals surface area contributed by atoms with Crippen molar-refractivity contribution < 1.29 is 14.3 Å². The van der Waals surface area contributed by atoms with Gasteiger partial charge < -0.3 is 15.0 Å². The molecule has 0 saturated carbocycles. The van der Waals surface area contributed by atoms with Crippen molar-refractivity contribution in [1.29, 1.82) is 0 Å². The van der Waals surface area contributed by atoms with Gasteiger partial charge in [-0.05, 0) is 38.3 Å². The Morgan fingerprint density at radius 1 is 1.33 bits per heavy atom. The number of ether oxygens (including phenoxy) is 1. The summed E-state index contributed by atoms with van der Waals surface area (Å²) in [6.45, 7) is 4.65.